The van der Waals surface area contributed by atoms with E-state index in [0.717, 1.165) is 16.8 Å². The Morgan fingerprint density at radius 3 is 2.52 bits per heavy atom. The highest BCUT2D eigenvalue weighted by atomic mass is 19.4. The van der Waals surface area contributed by atoms with E-state index >= 15 is 0 Å². The van der Waals surface area contributed by atoms with E-state index in [2.05, 4.69) is 10.3 Å². The molecule has 9 heteroatoms. The van der Waals surface area contributed by atoms with E-state index in [9.17, 15) is 22.8 Å². The van der Waals surface area contributed by atoms with Gasteiger partial charge in [-0.05, 0) is 24.3 Å². The maximum Gasteiger partial charge on any atom is 0.417 e. The molecule has 25 heavy (non-hydrogen) atoms. The molecule has 0 aliphatic carbocycles. The van der Waals surface area contributed by atoms with Gasteiger partial charge in [0.15, 0.2) is 6.73 Å². The minimum atomic E-state index is -4.70. The van der Waals surface area contributed by atoms with Crippen molar-refractivity contribution < 1.29 is 22.7 Å². The Bertz CT molecular complexity index is 999. The summed E-state index contributed by atoms with van der Waals surface area (Å²) in [6.45, 7) is -0.651. The third kappa shape index (κ3) is 3.35. The highest BCUT2D eigenvalue weighted by Crippen LogP contribution is 2.32. The first-order chi connectivity index (χ1) is 11.9. The lowest BCUT2D eigenvalue weighted by Crippen LogP contribution is -2.27. The number of hydrogen-bond acceptors (Lipinski definition) is 5. The SMILES string of the molecule is O=C(OCn1nnc2ccccc2c1=O)c1ccccc1C(F)(F)F. The van der Waals surface area contributed by atoms with E-state index in [0.29, 0.717) is 5.52 Å². The van der Waals surface area contributed by atoms with E-state index in [1.165, 1.54) is 18.2 Å². The van der Waals surface area contributed by atoms with Crippen molar-refractivity contribution >= 4 is 16.9 Å². The Morgan fingerprint density at radius 1 is 1.08 bits per heavy atom. The van der Waals surface area contributed by atoms with Gasteiger partial charge >= 0.3 is 12.1 Å². The molecule has 6 nitrogen and oxygen atoms in total. The minimum Gasteiger partial charge on any atom is -0.439 e. The van der Waals surface area contributed by atoms with E-state index < -0.39 is 35.6 Å². The van der Waals surface area contributed by atoms with Gasteiger partial charge in [0, 0.05) is 0 Å². The van der Waals surface area contributed by atoms with Gasteiger partial charge in [-0.25, -0.2) is 4.79 Å². The van der Waals surface area contributed by atoms with Crippen LogP contribution in [0.1, 0.15) is 15.9 Å². The summed E-state index contributed by atoms with van der Waals surface area (Å²) < 4.78 is 44.3. The molecule has 0 fully saturated rings. The number of nitrogens with zero attached hydrogens (tertiary/aromatic N) is 3. The second-order valence-corrected chi connectivity index (χ2v) is 5.02. The average molecular weight is 349 g/mol. The van der Waals surface area contributed by atoms with Crippen LogP contribution in [0.2, 0.25) is 0 Å². The summed E-state index contributed by atoms with van der Waals surface area (Å²) in [4.78, 5) is 24.2. The summed E-state index contributed by atoms with van der Waals surface area (Å²) in [5.41, 5.74) is -1.96. The zero-order valence-corrected chi connectivity index (χ0v) is 12.5. The molecule has 0 bridgehead atoms. The lowest BCUT2D eigenvalue weighted by Gasteiger charge is -2.12. The number of carbonyl (C=O) groups excluding carboxylic acids is 1. The standard InChI is InChI=1S/C16H10F3N3O3/c17-16(18,19)12-7-3-1-5-10(12)15(24)25-9-22-14(23)11-6-2-4-8-13(11)20-21-22/h1-8H,9H2. The van der Waals surface area contributed by atoms with Crippen LogP contribution in [0.15, 0.2) is 53.3 Å². The Balaban J connectivity index is 1.85. The molecule has 0 atom stereocenters. The van der Waals surface area contributed by atoms with Crippen molar-refractivity contribution in [3.05, 3.63) is 70.0 Å². The Hall–Kier alpha value is -3.23. The zero-order chi connectivity index (χ0) is 18.0. The van der Waals surface area contributed by atoms with Gasteiger partial charge in [-0.15, -0.1) is 5.10 Å². The van der Waals surface area contributed by atoms with Gasteiger partial charge in [0.2, 0.25) is 0 Å². The fourth-order valence-electron chi connectivity index (χ4n) is 2.21. The predicted octanol–water partition coefficient (Wildman–Crippen LogP) is 2.62. The van der Waals surface area contributed by atoms with Gasteiger partial charge in [0.25, 0.3) is 5.56 Å². The highest BCUT2D eigenvalue weighted by molar-refractivity contribution is 5.91. The third-order valence-corrected chi connectivity index (χ3v) is 3.40. The van der Waals surface area contributed by atoms with E-state index in [1.54, 1.807) is 18.2 Å². The molecule has 128 valence electrons. The van der Waals surface area contributed by atoms with Crippen molar-refractivity contribution in [2.75, 3.05) is 0 Å². The van der Waals surface area contributed by atoms with Crippen LogP contribution < -0.4 is 5.56 Å². The van der Waals surface area contributed by atoms with Crippen molar-refractivity contribution in [1.29, 1.82) is 0 Å². The number of aromatic nitrogens is 3. The fraction of sp³-hybridized carbons (Fsp3) is 0.125. The predicted molar refractivity (Wildman–Crippen MR) is 80.7 cm³/mol. The zero-order valence-electron chi connectivity index (χ0n) is 12.5. The Kier molecular flexibility index (Phi) is 4.22. The van der Waals surface area contributed by atoms with E-state index in [4.69, 9.17) is 4.74 Å². The molecule has 0 aliphatic rings. The molecular formula is C16H10F3N3O3. The van der Waals surface area contributed by atoms with Gasteiger partial charge < -0.3 is 4.74 Å². The number of rotatable bonds is 3. The molecule has 0 aliphatic heterocycles. The van der Waals surface area contributed by atoms with E-state index in [1.807, 2.05) is 0 Å². The number of fused-ring (bicyclic) bond motifs is 1. The number of carbonyl (C=O) groups is 1. The summed E-state index contributed by atoms with van der Waals surface area (Å²) in [5.74, 6) is -1.21. The molecular weight excluding hydrogens is 339 g/mol. The van der Waals surface area contributed by atoms with Crippen LogP contribution in [0, 0.1) is 0 Å². The lowest BCUT2D eigenvalue weighted by atomic mass is 10.1. The number of alkyl halides is 3. The molecule has 1 heterocycles. The number of esters is 1. The smallest absolute Gasteiger partial charge is 0.417 e. The van der Waals surface area contributed by atoms with Gasteiger partial charge in [-0.3, -0.25) is 4.79 Å². The second-order valence-electron chi connectivity index (χ2n) is 5.02. The van der Waals surface area contributed by atoms with Crippen LogP contribution in [0.4, 0.5) is 13.2 Å². The quantitative estimate of drug-likeness (QED) is 0.680. The number of hydrogen-bond donors (Lipinski definition) is 0. The first kappa shape index (κ1) is 16.6. The van der Waals surface area contributed by atoms with Crippen LogP contribution in [-0.4, -0.2) is 21.0 Å². The van der Waals surface area contributed by atoms with Crippen molar-refractivity contribution in [1.82, 2.24) is 15.0 Å². The molecule has 0 saturated carbocycles. The molecule has 3 aromatic rings. The number of benzene rings is 2. The van der Waals surface area contributed by atoms with Gasteiger partial charge in [0.1, 0.15) is 5.52 Å². The molecule has 0 radical (unpaired) electrons. The fourth-order valence-corrected chi connectivity index (χ4v) is 2.21. The summed E-state index contributed by atoms with van der Waals surface area (Å²) in [5, 5.41) is 7.64. The summed E-state index contributed by atoms with van der Waals surface area (Å²) in [7, 11) is 0. The van der Waals surface area contributed by atoms with Gasteiger partial charge in [-0.1, -0.05) is 29.5 Å². The normalized spacial score (nSPS) is 11.5. The molecule has 3 rings (SSSR count). The largest absolute Gasteiger partial charge is 0.439 e. The maximum atomic E-state index is 12.9. The summed E-state index contributed by atoms with van der Waals surface area (Å²) in [6.07, 6.45) is -4.70. The van der Waals surface area contributed by atoms with Crippen LogP contribution in [0.25, 0.3) is 10.9 Å². The summed E-state index contributed by atoms with van der Waals surface area (Å²) in [6, 6.07) is 10.6. The van der Waals surface area contributed by atoms with Crippen LogP contribution in [0.3, 0.4) is 0 Å². The van der Waals surface area contributed by atoms with E-state index in [-0.39, 0.29) is 5.39 Å². The number of ether oxygens (including phenoxy) is 1. The Morgan fingerprint density at radius 2 is 1.76 bits per heavy atom. The monoisotopic (exact) mass is 349 g/mol. The molecule has 0 amide bonds. The molecule has 0 N–H and O–H groups in total. The molecule has 1 aromatic heterocycles. The third-order valence-electron chi connectivity index (χ3n) is 3.40. The van der Waals surface area contributed by atoms with Crippen molar-refractivity contribution in [2.45, 2.75) is 12.9 Å². The van der Waals surface area contributed by atoms with Gasteiger partial charge in [0.05, 0.1) is 16.5 Å². The van der Waals surface area contributed by atoms with Crippen LogP contribution in [0.5, 0.6) is 0 Å². The molecule has 0 spiro atoms. The van der Waals surface area contributed by atoms with Crippen LogP contribution in [-0.2, 0) is 17.6 Å². The van der Waals surface area contributed by atoms with Gasteiger partial charge in [-0.2, -0.15) is 17.9 Å². The molecule has 0 unspecified atom stereocenters. The molecule has 0 saturated heterocycles. The summed E-state index contributed by atoms with van der Waals surface area (Å²) >= 11 is 0. The second kappa shape index (κ2) is 6.34. The van der Waals surface area contributed by atoms with Crippen molar-refractivity contribution in [3.63, 3.8) is 0 Å². The average Bonchev–Trinajstić information content (AvgIpc) is 2.60. The van der Waals surface area contributed by atoms with Crippen molar-refractivity contribution in [2.24, 2.45) is 0 Å². The minimum absolute atomic E-state index is 0.254. The topological polar surface area (TPSA) is 74.1 Å². The highest BCUT2D eigenvalue weighted by Gasteiger charge is 2.35. The first-order valence-corrected chi connectivity index (χ1v) is 7.04. The van der Waals surface area contributed by atoms with Crippen LogP contribution >= 0.6 is 0 Å². The van der Waals surface area contributed by atoms with Crippen molar-refractivity contribution in [3.8, 4) is 0 Å². The first-order valence-electron chi connectivity index (χ1n) is 7.04. The number of halogens is 3. The Labute approximate surface area is 138 Å². The maximum absolute atomic E-state index is 12.9. The lowest BCUT2D eigenvalue weighted by molar-refractivity contribution is -0.138. The molecule has 2 aromatic carbocycles.